The van der Waals surface area contributed by atoms with Gasteiger partial charge in [-0.05, 0) is 53.0 Å². The molecule has 0 aromatic heterocycles. The minimum absolute atomic E-state index is 0.819. The van der Waals surface area contributed by atoms with Gasteiger partial charge in [0.1, 0.15) is 11.5 Å². The SMILES string of the molecule is COc1ccc(P2(=S)OC(c3ccccc3)=C(c3ccccc3)S2)cc1. The quantitative estimate of drug-likeness (QED) is 0.510. The Hall–Kier alpha value is -2.00. The van der Waals surface area contributed by atoms with E-state index in [9.17, 15) is 0 Å². The van der Waals surface area contributed by atoms with E-state index in [1.165, 1.54) is 0 Å². The normalized spacial score (nSPS) is 19.3. The summed E-state index contributed by atoms with van der Waals surface area (Å²) in [6.45, 7) is 0. The largest absolute Gasteiger partial charge is 0.497 e. The van der Waals surface area contributed by atoms with E-state index in [4.69, 9.17) is 21.1 Å². The number of rotatable bonds is 4. The molecule has 0 saturated heterocycles. The van der Waals surface area contributed by atoms with Crippen molar-refractivity contribution in [3.8, 4) is 5.75 Å². The Labute approximate surface area is 162 Å². The maximum Gasteiger partial charge on any atom is 0.201 e. The molecule has 0 fully saturated rings. The van der Waals surface area contributed by atoms with Gasteiger partial charge in [-0.25, -0.2) is 0 Å². The van der Waals surface area contributed by atoms with E-state index in [2.05, 4.69) is 24.3 Å². The Bertz CT molecular complexity index is 928. The van der Waals surface area contributed by atoms with E-state index in [0.29, 0.717) is 0 Å². The van der Waals surface area contributed by atoms with Crippen LogP contribution in [0.1, 0.15) is 11.1 Å². The predicted octanol–water partition coefficient (Wildman–Crippen LogP) is 5.92. The van der Waals surface area contributed by atoms with E-state index in [1.807, 2.05) is 60.7 Å². The zero-order chi connectivity index (χ0) is 18.0. The Morgan fingerprint density at radius 3 is 1.96 bits per heavy atom. The molecule has 1 unspecified atom stereocenters. The van der Waals surface area contributed by atoms with Crippen LogP contribution >= 0.6 is 16.8 Å². The molecule has 0 N–H and O–H groups in total. The first kappa shape index (κ1) is 17.4. The number of benzene rings is 3. The Kier molecular flexibility index (Phi) is 4.90. The molecule has 0 saturated carbocycles. The monoisotopic (exact) mass is 396 g/mol. The lowest BCUT2D eigenvalue weighted by molar-refractivity contribution is 0.415. The van der Waals surface area contributed by atoms with E-state index in [0.717, 1.165) is 32.8 Å². The van der Waals surface area contributed by atoms with Gasteiger partial charge in [0.05, 0.1) is 12.0 Å². The fourth-order valence-electron chi connectivity index (χ4n) is 2.76. The van der Waals surface area contributed by atoms with Crippen molar-refractivity contribution in [1.82, 2.24) is 0 Å². The van der Waals surface area contributed by atoms with Crippen molar-refractivity contribution in [2.75, 3.05) is 7.11 Å². The minimum Gasteiger partial charge on any atom is -0.497 e. The molecular formula is C21H17O2PS2. The number of hydrogen-bond acceptors (Lipinski definition) is 4. The summed E-state index contributed by atoms with van der Waals surface area (Å²) in [6, 6.07) is 28.4. The highest BCUT2D eigenvalue weighted by Gasteiger charge is 2.36. The summed E-state index contributed by atoms with van der Waals surface area (Å²) in [6.07, 6.45) is 0. The number of hydrogen-bond donors (Lipinski definition) is 0. The third kappa shape index (κ3) is 3.33. The van der Waals surface area contributed by atoms with E-state index in [-0.39, 0.29) is 0 Å². The van der Waals surface area contributed by atoms with Gasteiger partial charge in [-0.3, -0.25) is 0 Å². The van der Waals surface area contributed by atoms with Crippen molar-refractivity contribution in [3.63, 3.8) is 0 Å². The maximum atomic E-state index is 6.49. The van der Waals surface area contributed by atoms with Crippen molar-refractivity contribution < 1.29 is 9.26 Å². The van der Waals surface area contributed by atoms with Crippen LogP contribution in [0.4, 0.5) is 0 Å². The second-order valence-corrected chi connectivity index (χ2v) is 12.4. The van der Waals surface area contributed by atoms with Gasteiger partial charge in [-0.15, -0.1) is 0 Å². The summed E-state index contributed by atoms with van der Waals surface area (Å²) in [5.41, 5.74) is -0.0851. The van der Waals surface area contributed by atoms with Gasteiger partial charge < -0.3 is 9.26 Å². The van der Waals surface area contributed by atoms with Crippen LogP contribution in [-0.2, 0) is 16.3 Å². The average Bonchev–Trinajstić information content (AvgIpc) is 3.08. The summed E-state index contributed by atoms with van der Waals surface area (Å²) in [4.78, 5) is 1.11. The van der Waals surface area contributed by atoms with Gasteiger partial charge in [0, 0.05) is 10.9 Å². The van der Waals surface area contributed by atoms with Crippen LogP contribution in [0, 0.1) is 0 Å². The summed E-state index contributed by atoms with van der Waals surface area (Å²) in [5, 5.41) is 1.04. The molecule has 0 radical (unpaired) electrons. The van der Waals surface area contributed by atoms with Gasteiger partial charge in [-0.1, -0.05) is 60.7 Å². The molecule has 0 amide bonds. The van der Waals surface area contributed by atoms with Gasteiger partial charge in [0.15, 0.2) is 0 Å². The molecule has 1 atom stereocenters. The van der Waals surface area contributed by atoms with Gasteiger partial charge >= 0.3 is 0 Å². The first-order chi connectivity index (χ1) is 12.7. The van der Waals surface area contributed by atoms with E-state index >= 15 is 0 Å². The van der Waals surface area contributed by atoms with E-state index in [1.54, 1.807) is 18.5 Å². The van der Waals surface area contributed by atoms with Crippen molar-refractivity contribution in [3.05, 3.63) is 96.1 Å². The number of ether oxygens (including phenoxy) is 1. The van der Waals surface area contributed by atoms with Crippen molar-refractivity contribution in [2.45, 2.75) is 0 Å². The molecule has 130 valence electrons. The third-order valence-corrected chi connectivity index (χ3v) is 9.94. The Morgan fingerprint density at radius 1 is 0.808 bits per heavy atom. The molecule has 26 heavy (non-hydrogen) atoms. The van der Waals surface area contributed by atoms with E-state index < -0.39 is 5.47 Å². The van der Waals surface area contributed by atoms with Crippen LogP contribution < -0.4 is 10.0 Å². The molecule has 3 aromatic carbocycles. The summed E-state index contributed by atoms with van der Waals surface area (Å²) >= 11 is 7.71. The van der Waals surface area contributed by atoms with Gasteiger partial charge in [-0.2, -0.15) is 0 Å². The molecule has 0 aliphatic carbocycles. The molecule has 1 aliphatic heterocycles. The summed E-state index contributed by atoms with van der Waals surface area (Å²) < 4.78 is 11.8. The smallest absolute Gasteiger partial charge is 0.201 e. The fraction of sp³-hybridized carbons (Fsp3) is 0.0476. The highest BCUT2D eigenvalue weighted by atomic mass is 32.9. The van der Waals surface area contributed by atoms with Crippen LogP contribution in [0.2, 0.25) is 0 Å². The predicted molar refractivity (Wildman–Crippen MR) is 115 cm³/mol. The lowest BCUT2D eigenvalue weighted by Gasteiger charge is -2.17. The Balaban J connectivity index is 1.78. The van der Waals surface area contributed by atoms with Gasteiger partial charge in [0.25, 0.3) is 0 Å². The molecule has 1 aliphatic rings. The third-order valence-electron chi connectivity index (χ3n) is 4.09. The molecule has 0 bridgehead atoms. The van der Waals surface area contributed by atoms with Gasteiger partial charge in [0.2, 0.25) is 5.47 Å². The zero-order valence-electron chi connectivity index (χ0n) is 14.2. The minimum atomic E-state index is -2.28. The second-order valence-electron chi connectivity index (χ2n) is 5.77. The molecular weight excluding hydrogens is 379 g/mol. The topological polar surface area (TPSA) is 18.5 Å². The number of methoxy groups -OCH3 is 1. The second kappa shape index (κ2) is 7.32. The molecule has 0 spiro atoms. The zero-order valence-corrected chi connectivity index (χ0v) is 16.7. The lowest BCUT2D eigenvalue weighted by Crippen LogP contribution is -2.01. The highest BCUT2D eigenvalue weighted by Crippen LogP contribution is 2.72. The van der Waals surface area contributed by atoms with Crippen LogP contribution in [0.25, 0.3) is 10.7 Å². The molecule has 1 heterocycles. The van der Waals surface area contributed by atoms with Crippen molar-refractivity contribution in [1.29, 1.82) is 0 Å². The fourth-order valence-corrected chi connectivity index (χ4v) is 8.31. The average molecular weight is 396 g/mol. The summed E-state index contributed by atoms with van der Waals surface area (Å²) in [5.74, 6) is 1.69. The van der Waals surface area contributed by atoms with Crippen LogP contribution in [-0.4, -0.2) is 7.11 Å². The Morgan fingerprint density at radius 2 is 1.38 bits per heavy atom. The van der Waals surface area contributed by atoms with Crippen LogP contribution in [0.5, 0.6) is 5.75 Å². The maximum absolute atomic E-state index is 6.49. The lowest BCUT2D eigenvalue weighted by atomic mass is 10.1. The first-order valence-corrected chi connectivity index (χ1v) is 12.3. The van der Waals surface area contributed by atoms with Crippen LogP contribution in [0.15, 0.2) is 84.9 Å². The van der Waals surface area contributed by atoms with Crippen molar-refractivity contribution >= 4 is 44.6 Å². The molecule has 2 nitrogen and oxygen atoms in total. The summed E-state index contributed by atoms with van der Waals surface area (Å²) in [7, 11) is 1.66. The molecule has 3 aromatic rings. The van der Waals surface area contributed by atoms with Crippen LogP contribution in [0.3, 0.4) is 0 Å². The van der Waals surface area contributed by atoms with Crippen molar-refractivity contribution in [2.24, 2.45) is 0 Å². The highest BCUT2D eigenvalue weighted by molar-refractivity contribution is 8.75. The standard InChI is InChI=1S/C21H17O2PS2/c1-22-18-12-14-19(15-13-18)24(25)23-20(16-8-4-2-5-9-16)21(26-24)17-10-6-3-7-11-17/h2-15H,1H3. The molecule has 4 rings (SSSR count). The molecule has 5 heteroatoms. The first-order valence-electron chi connectivity index (χ1n) is 8.18.